The Balaban J connectivity index is 1.63. The maximum atomic E-state index is 12.5. The van der Waals surface area contributed by atoms with Crippen LogP contribution in [-0.4, -0.2) is 25.0 Å². The molecule has 3 rings (SSSR count). The van der Waals surface area contributed by atoms with Crippen molar-refractivity contribution in [3.63, 3.8) is 0 Å². The number of para-hydroxylation sites is 1. The Labute approximate surface area is 163 Å². The summed E-state index contributed by atoms with van der Waals surface area (Å²) in [5.41, 5.74) is 1.85. The summed E-state index contributed by atoms with van der Waals surface area (Å²) in [6.07, 6.45) is 6.79. The third-order valence-electron chi connectivity index (χ3n) is 4.62. The lowest BCUT2D eigenvalue weighted by Gasteiger charge is -2.19. The molecule has 0 radical (unpaired) electrons. The Morgan fingerprint density at radius 1 is 1.11 bits per heavy atom. The highest BCUT2D eigenvalue weighted by atomic mass is 32.1. The SMILES string of the molecule is N#CCN(C(=O)COC(=O)c1cc2c(s1)CCCCCC2)c1ccccc1. The second kappa shape index (κ2) is 9.33. The van der Waals surface area contributed by atoms with E-state index in [0.29, 0.717) is 10.6 Å². The number of aryl methyl sites for hydroxylation is 2. The molecule has 0 N–H and O–H groups in total. The maximum Gasteiger partial charge on any atom is 0.348 e. The summed E-state index contributed by atoms with van der Waals surface area (Å²) in [5.74, 6) is -0.879. The Morgan fingerprint density at radius 3 is 2.59 bits per heavy atom. The molecule has 0 aliphatic heterocycles. The summed E-state index contributed by atoms with van der Waals surface area (Å²) in [6.45, 7) is -0.467. The van der Waals surface area contributed by atoms with Gasteiger partial charge in [0.05, 0.1) is 6.07 Å². The van der Waals surface area contributed by atoms with E-state index in [9.17, 15) is 9.59 Å². The predicted octanol–water partition coefficient (Wildman–Crippen LogP) is 4.12. The molecule has 1 amide bonds. The third-order valence-corrected chi connectivity index (χ3v) is 5.84. The summed E-state index contributed by atoms with van der Waals surface area (Å²) in [7, 11) is 0. The number of nitriles is 1. The molecule has 0 saturated heterocycles. The van der Waals surface area contributed by atoms with Gasteiger partial charge in [0, 0.05) is 10.6 Å². The minimum atomic E-state index is -0.468. The number of carbonyl (C=O) groups excluding carboxylic acids is 2. The molecule has 0 fully saturated rings. The minimum Gasteiger partial charge on any atom is -0.451 e. The Bertz CT molecular complexity index is 813. The van der Waals surface area contributed by atoms with Crippen molar-refractivity contribution in [1.29, 1.82) is 5.26 Å². The van der Waals surface area contributed by atoms with Crippen molar-refractivity contribution in [2.24, 2.45) is 0 Å². The van der Waals surface area contributed by atoms with Crippen LogP contribution < -0.4 is 4.90 Å². The lowest BCUT2D eigenvalue weighted by Crippen LogP contribution is -2.35. The Kier molecular flexibility index (Phi) is 6.61. The van der Waals surface area contributed by atoms with Gasteiger partial charge in [-0.1, -0.05) is 31.0 Å². The quantitative estimate of drug-likeness (QED) is 0.576. The van der Waals surface area contributed by atoms with Crippen LogP contribution in [0, 0.1) is 11.3 Å². The molecule has 0 spiro atoms. The van der Waals surface area contributed by atoms with E-state index in [0.717, 1.165) is 25.7 Å². The van der Waals surface area contributed by atoms with Crippen LogP contribution in [0.3, 0.4) is 0 Å². The average Bonchev–Trinajstić information content (AvgIpc) is 3.06. The number of carbonyl (C=O) groups is 2. The average molecular weight is 382 g/mol. The second-order valence-corrected chi connectivity index (χ2v) is 7.66. The Hall–Kier alpha value is -2.65. The summed E-state index contributed by atoms with van der Waals surface area (Å²) in [6, 6.07) is 12.8. The molecular formula is C21H22N2O3S. The molecule has 1 aromatic heterocycles. The van der Waals surface area contributed by atoms with E-state index in [1.54, 1.807) is 24.3 Å². The van der Waals surface area contributed by atoms with Gasteiger partial charge in [-0.25, -0.2) is 4.79 Å². The zero-order valence-corrected chi connectivity index (χ0v) is 16.0. The van der Waals surface area contributed by atoms with Crippen molar-refractivity contribution in [3.8, 4) is 6.07 Å². The zero-order chi connectivity index (χ0) is 19.1. The van der Waals surface area contributed by atoms with Crippen LogP contribution >= 0.6 is 11.3 Å². The van der Waals surface area contributed by atoms with Crippen molar-refractivity contribution >= 4 is 28.9 Å². The van der Waals surface area contributed by atoms with Gasteiger partial charge in [-0.15, -0.1) is 11.3 Å². The van der Waals surface area contributed by atoms with Crippen molar-refractivity contribution in [1.82, 2.24) is 0 Å². The van der Waals surface area contributed by atoms with Crippen LogP contribution in [0.5, 0.6) is 0 Å². The first-order chi connectivity index (χ1) is 13.2. The third kappa shape index (κ3) is 4.95. The van der Waals surface area contributed by atoms with E-state index < -0.39 is 11.9 Å². The molecule has 1 aliphatic carbocycles. The number of amides is 1. The molecule has 6 heteroatoms. The first-order valence-electron chi connectivity index (χ1n) is 9.20. The zero-order valence-electron chi connectivity index (χ0n) is 15.1. The molecule has 1 heterocycles. The van der Waals surface area contributed by atoms with Crippen molar-refractivity contribution < 1.29 is 14.3 Å². The van der Waals surface area contributed by atoms with Gasteiger partial charge in [0.1, 0.15) is 11.4 Å². The van der Waals surface area contributed by atoms with E-state index >= 15 is 0 Å². The van der Waals surface area contributed by atoms with E-state index in [4.69, 9.17) is 10.00 Å². The highest BCUT2D eigenvalue weighted by Crippen LogP contribution is 2.29. The lowest BCUT2D eigenvalue weighted by molar-refractivity contribution is -0.121. The number of benzene rings is 1. The van der Waals surface area contributed by atoms with Crippen LogP contribution in [0.2, 0.25) is 0 Å². The van der Waals surface area contributed by atoms with E-state index in [2.05, 4.69) is 0 Å². The van der Waals surface area contributed by atoms with Gasteiger partial charge in [0.25, 0.3) is 5.91 Å². The summed E-state index contributed by atoms with van der Waals surface area (Å²) in [5, 5.41) is 8.99. The van der Waals surface area contributed by atoms with Gasteiger partial charge < -0.3 is 4.74 Å². The number of hydrogen-bond donors (Lipinski definition) is 0. The molecule has 27 heavy (non-hydrogen) atoms. The maximum absolute atomic E-state index is 12.5. The standard InChI is InChI=1S/C21H22N2O3S/c22-12-13-23(17-9-5-3-6-10-17)20(24)15-26-21(25)19-14-16-8-4-1-2-7-11-18(16)27-19/h3,5-6,9-10,14H,1-2,4,7-8,11,13,15H2. The van der Waals surface area contributed by atoms with Crippen molar-refractivity contribution in [2.45, 2.75) is 38.5 Å². The molecule has 5 nitrogen and oxygen atoms in total. The molecule has 0 saturated carbocycles. The first kappa shape index (κ1) is 19.1. The monoisotopic (exact) mass is 382 g/mol. The normalized spacial score (nSPS) is 13.6. The van der Waals surface area contributed by atoms with Crippen LogP contribution in [-0.2, 0) is 22.4 Å². The fourth-order valence-electron chi connectivity index (χ4n) is 3.22. The molecule has 0 unspecified atom stereocenters. The predicted molar refractivity (Wildman–Crippen MR) is 105 cm³/mol. The van der Waals surface area contributed by atoms with E-state index in [1.165, 1.54) is 39.5 Å². The summed E-state index contributed by atoms with van der Waals surface area (Å²) >= 11 is 1.48. The largest absolute Gasteiger partial charge is 0.451 e. The Morgan fingerprint density at radius 2 is 1.85 bits per heavy atom. The number of ether oxygens (including phenoxy) is 1. The molecule has 140 valence electrons. The van der Waals surface area contributed by atoms with Gasteiger partial charge in [0.2, 0.25) is 0 Å². The minimum absolute atomic E-state index is 0.0896. The van der Waals surface area contributed by atoms with Gasteiger partial charge in [0.15, 0.2) is 6.61 Å². The van der Waals surface area contributed by atoms with E-state index in [-0.39, 0.29) is 13.2 Å². The van der Waals surface area contributed by atoms with Gasteiger partial charge in [-0.05, 0) is 49.4 Å². The fraction of sp³-hybridized carbons (Fsp3) is 0.381. The van der Waals surface area contributed by atoms with E-state index in [1.807, 2.05) is 18.2 Å². The molecule has 1 aliphatic rings. The van der Waals surface area contributed by atoms with Gasteiger partial charge >= 0.3 is 5.97 Å². The number of fused-ring (bicyclic) bond motifs is 1. The summed E-state index contributed by atoms with van der Waals surface area (Å²) < 4.78 is 5.25. The number of thiophene rings is 1. The number of esters is 1. The van der Waals surface area contributed by atoms with Crippen molar-refractivity contribution in [2.75, 3.05) is 18.1 Å². The number of rotatable bonds is 5. The summed E-state index contributed by atoms with van der Waals surface area (Å²) in [4.78, 5) is 28.0. The van der Waals surface area contributed by atoms with Gasteiger partial charge in [-0.2, -0.15) is 5.26 Å². The number of hydrogen-bond acceptors (Lipinski definition) is 5. The molecule has 0 atom stereocenters. The molecule has 0 bridgehead atoms. The smallest absolute Gasteiger partial charge is 0.348 e. The van der Waals surface area contributed by atoms with Crippen LogP contribution in [0.15, 0.2) is 36.4 Å². The van der Waals surface area contributed by atoms with Gasteiger partial charge in [-0.3, -0.25) is 9.69 Å². The lowest BCUT2D eigenvalue weighted by atomic mass is 10.00. The number of nitrogens with zero attached hydrogens (tertiary/aromatic N) is 2. The van der Waals surface area contributed by atoms with Crippen LogP contribution in [0.25, 0.3) is 0 Å². The molecular weight excluding hydrogens is 360 g/mol. The first-order valence-corrected chi connectivity index (χ1v) is 10.0. The molecule has 1 aromatic carbocycles. The topological polar surface area (TPSA) is 70.4 Å². The molecule has 2 aromatic rings. The second-order valence-electron chi connectivity index (χ2n) is 6.52. The fourth-order valence-corrected chi connectivity index (χ4v) is 4.37. The highest BCUT2D eigenvalue weighted by molar-refractivity contribution is 7.14. The van der Waals surface area contributed by atoms with Crippen LogP contribution in [0.1, 0.15) is 45.8 Å². The highest BCUT2D eigenvalue weighted by Gasteiger charge is 2.20. The van der Waals surface area contributed by atoms with Crippen LogP contribution in [0.4, 0.5) is 5.69 Å². The van der Waals surface area contributed by atoms with Crippen molar-refractivity contribution in [3.05, 3.63) is 51.7 Å². The number of anilines is 1.